The number of ether oxygens (including phenoxy) is 3. The van der Waals surface area contributed by atoms with E-state index in [-0.39, 0.29) is 5.92 Å². The van der Waals surface area contributed by atoms with Crippen molar-refractivity contribution in [1.29, 1.82) is 0 Å². The van der Waals surface area contributed by atoms with Crippen molar-refractivity contribution in [3.8, 4) is 0 Å². The van der Waals surface area contributed by atoms with E-state index >= 15 is 0 Å². The quantitative estimate of drug-likeness (QED) is 0.570. The fourth-order valence-electron chi connectivity index (χ4n) is 3.28. The number of allylic oxidation sites excluding steroid dienone is 2. The molecule has 154 valence electrons. The lowest BCUT2D eigenvalue weighted by Crippen LogP contribution is -2.61. The van der Waals surface area contributed by atoms with Gasteiger partial charge in [0.05, 0.1) is 7.11 Å². The highest BCUT2D eigenvalue weighted by Gasteiger charge is 2.58. The Morgan fingerprint density at radius 3 is 2.14 bits per heavy atom. The first-order valence-corrected chi connectivity index (χ1v) is 8.91. The molecule has 1 aromatic carbocycles. The van der Waals surface area contributed by atoms with Gasteiger partial charge in [0.15, 0.2) is 5.60 Å². The molecule has 2 rings (SSSR count). The van der Waals surface area contributed by atoms with Gasteiger partial charge in [-0.25, -0.2) is 4.79 Å². The van der Waals surface area contributed by atoms with Crippen LogP contribution >= 0.6 is 0 Å². The molecule has 0 bridgehead atoms. The van der Waals surface area contributed by atoms with Gasteiger partial charge < -0.3 is 24.4 Å². The predicted molar refractivity (Wildman–Crippen MR) is 108 cm³/mol. The van der Waals surface area contributed by atoms with E-state index in [4.69, 9.17) is 19.3 Å². The van der Waals surface area contributed by atoms with Crippen molar-refractivity contribution in [1.82, 2.24) is 0 Å². The van der Waals surface area contributed by atoms with Crippen molar-refractivity contribution in [2.24, 2.45) is 5.92 Å². The second-order valence-corrected chi connectivity index (χ2v) is 6.68. The van der Waals surface area contributed by atoms with E-state index in [1.807, 2.05) is 57.2 Å². The van der Waals surface area contributed by atoms with Crippen LogP contribution in [0, 0.1) is 5.92 Å². The van der Waals surface area contributed by atoms with Crippen LogP contribution in [-0.4, -0.2) is 48.9 Å². The number of carboxylic acid groups (broad SMARTS) is 1. The van der Waals surface area contributed by atoms with Gasteiger partial charge in [-0.15, -0.1) is 0 Å². The van der Waals surface area contributed by atoms with Crippen molar-refractivity contribution in [2.75, 3.05) is 21.3 Å². The van der Waals surface area contributed by atoms with E-state index in [1.54, 1.807) is 26.4 Å². The van der Waals surface area contributed by atoms with Crippen molar-refractivity contribution >= 4 is 12.0 Å². The molecule has 1 aliphatic carbocycles. The third-order valence-corrected chi connectivity index (χ3v) is 4.56. The number of benzene rings is 1. The van der Waals surface area contributed by atoms with Crippen LogP contribution in [0.4, 0.5) is 0 Å². The van der Waals surface area contributed by atoms with E-state index < -0.39 is 17.4 Å². The highest BCUT2D eigenvalue weighted by Crippen LogP contribution is 2.45. The number of hydrogen-bond acceptors (Lipinski definition) is 5. The summed E-state index contributed by atoms with van der Waals surface area (Å²) in [5, 5.41) is 19.0. The zero-order chi connectivity index (χ0) is 21.4. The molecule has 1 aromatic rings. The predicted octanol–water partition coefficient (Wildman–Crippen LogP) is 3.64. The average molecular weight is 390 g/mol. The van der Waals surface area contributed by atoms with E-state index in [9.17, 15) is 9.90 Å². The molecule has 0 spiro atoms. The lowest BCUT2D eigenvalue weighted by atomic mass is 9.76. The zero-order valence-electron chi connectivity index (χ0n) is 17.3. The van der Waals surface area contributed by atoms with Gasteiger partial charge in [-0.2, -0.15) is 0 Å². The monoisotopic (exact) mass is 390 g/mol. The second-order valence-electron chi connectivity index (χ2n) is 6.68. The summed E-state index contributed by atoms with van der Waals surface area (Å²) in [6.45, 7) is 5.78. The molecule has 2 unspecified atom stereocenters. The fraction of sp³-hybridized carbons (Fsp3) is 0.409. The normalized spacial score (nSPS) is 24.3. The summed E-state index contributed by atoms with van der Waals surface area (Å²) in [5.74, 6) is -1.90. The first kappa shape index (κ1) is 23.6. The number of rotatable bonds is 6. The van der Waals surface area contributed by atoms with Gasteiger partial charge in [-0.05, 0) is 42.2 Å². The molecular weight excluding hydrogens is 360 g/mol. The first-order chi connectivity index (χ1) is 13.2. The van der Waals surface area contributed by atoms with Gasteiger partial charge in [-0.1, -0.05) is 44.2 Å². The lowest BCUT2D eigenvalue weighted by molar-refractivity contribution is -0.278. The maximum Gasteiger partial charge on any atom is 0.328 e. The molecule has 0 saturated heterocycles. The van der Waals surface area contributed by atoms with E-state index in [0.29, 0.717) is 5.76 Å². The minimum absolute atomic E-state index is 0.0204. The van der Waals surface area contributed by atoms with Crippen LogP contribution in [0.5, 0.6) is 0 Å². The highest BCUT2D eigenvalue weighted by atomic mass is 16.7. The molecule has 28 heavy (non-hydrogen) atoms. The zero-order valence-corrected chi connectivity index (χ0v) is 17.3. The second kappa shape index (κ2) is 10.2. The minimum Gasteiger partial charge on any atom is -0.498 e. The van der Waals surface area contributed by atoms with Gasteiger partial charge >= 0.3 is 5.97 Å². The third kappa shape index (κ3) is 5.10. The number of carbonyl (C=O) groups is 1. The largest absolute Gasteiger partial charge is 0.498 e. The van der Waals surface area contributed by atoms with Crippen LogP contribution in [0.3, 0.4) is 0 Å². The summed E-state index contributed by atoms with van der Waals surface area (Å²) in [4.78, 5) is 10.1. The van der Waals surface area contributed by atoms with E-state index in [1.165, 1.54) is 7.11 Å². The Hall–Kier alpha value is -2.41. The topological polar surface area (TPSA) is 85.2 Å². The Bertz CT molecular complexity index is 735. The smallest absolute Gasteiger partial charge is 0.328 e. The molecule has 0 aromatic heterocycles. The summed E-state index contributed by atoms with van der Waals surface area (Å²) in [6, 6.07) is 9.31. The highest BCUT2D eigenvalue weighted by molar-refractivity contribution is 5.85. The minimum atomic E-state index is -1.53. The van der Waals surface area contributed by atoms with Crippen LogP contribution in [0.25, 0.3) is 6.08 Å². The summed E-state index contributed by atoms with van der Waals surface area (Å²) in [7, 11) is 4.57. The summed E-state index contributed by atoms with van der Waals surface area (Å²) >= 11 is 0. The van der Waals surface area contributed by atoms with Crippen molar-refractivity contribution in [2.45, 2.75) is 32.2 Å². The fourth-order valence-corrected chi connectivity index (χ4v) is 3.28. The molecule has 0 saturated carbocycles. The van der Waals surface area contributed by atoms with Gasteiger partial charge in [0, 0.05) is 20.3 Å². The van der Waals surface area contributed by atoms with Gasteiger partial charge in [0.2, 0.25) is 5.79 Å². The molecule has 0 aliphatic heterocycles. The third-order valence-electron chi connectivity index (χ3n) is 4.56. The Balaban J connectivity index is 0.000000307. The van der Waals surface area contributed by atoms with Gasteiger partial charge in [0.25, 0.3) is 0 Å². The first-order valence-electron chi connectivity index (χ1n) is 8.91. The number of methoxy groups -OCH3 is 3. The molecule has 1 aliphatic rings. The molecular formula is C22H30O6. The SMILES string of the molecule is COC1=CC(C)=CC(O)(OC)C1(OC)C(C)C.O=C(O)C=Cc1ccccc1. The van der Waals surface area contributed by atoms with Crippen LogP contribution in [0.15, 0.2) is 59.9 Å². The Morgan fingerprint density at radius 2 is 1.71 bits per heavy atom. The molecule has 0 amide bonds. The maximum absolute atomic E-state index is 10.7. The van der Waals surface area contributed by atoms with Crippen LogP contribution in [0.1, 0.15) is 26.3 Å². The van der Waals surface area contributed by atoms with E-state index in [2.05, 4.69) is 0 Å². The summed E-state index contributed by atoms with van der Waals surface area (Å²) in [6.07, 6.45) is 6.19. The molecule has 2 atom stereocenters. The van der Waals surface area contributed by atoms with Crippen LogP contribution in [-0.2, 0) is 19.0 Å². The molecule has 2 N–H and O–H groups in total. The molecule has 0 heterocycles. The Labute approximate surface area is 166 Å². The van der Waals surface area contributed by atoms with Crippen molar-refractivity contribution in [3.05, 3.63) is 65.5 Å². The standard InChI is InChI=1S/C13H22O4.C9H8O2/c1-9(2)13(17-6)11(15-4)7-10(3)8-12(13,14)16-5;10-9(11)7-6-8-4-2-1-3-5-8/h7-9,14H,1-6H3;1-7H,(H,10,11). The summed E-state index contributed by atoms with van der Waals surface area (Å²) < 4.78 is 16.3. The Morgan fingerprint density at radius 1 is 1.11 bits per heavy atom. The average Bonchev–Trinajstić information content (AvgIpc) is 2.67. The van der Waals surface area contributed by atoms with Gasteiger partial charge in [-0.3, -0.25) is 0 Å². The molecule has 0 fully saturated rings. The number of hydrogen-bond donors (Lipinski definition) is 2. The summed E-state index contributed by atoms with van der Waals surface area (Å²) in [5.41, 5.74) is 0.741. The van der Waals surface area contributed by atoms with Crippen molar-refractivity contribution in [3.63, 3.8) is 0 Å². The van der Waals surface area contributed by atoms with E-state index in [0.717, 1.165) is 17.2 Å². The number of aliphatic hydroxyl groups is 1. The number of carboxylic acids is 1. The van der Waals surface area contributed by atoms with Crippen LogP contribution in [0.2, 0.25) is 0 Å². The maximum atomic E-state index is 10.7. The molecule has 6 nitrogen and oxygen atoms in total. The Kier molecular flexibility index (Phi) is 8.63. The molecule has 6 heteroatoms. The van der Waals surface area contributed by atoms with Crippen molar-refractivity contribution < 1.29 is 29.2 Å². The lowest BCUT2D eigenvalue weighted by Gasteiger charge is -2.48. The van der Waals surface area contributed by atoms with Gasteiger partial charge in [0.1, 0.15) is 5.76 Å². The number of aliphatic carboxylic acids is 1. The molecule has 0 radical (unpaired) electrons. The van der Waals surface area contributed by atoms with Crippen LogP contribution < -0.4 is 0 Å².